The molecule has 4 rings (SSSR count). The van der Waals surface area contributed by atoms with Crippen LogP contribution in [0.4, 0.5) is 5.82 Å². The molecule has 5 heteroatoms. The van der Waals surface area contributed by atoms with Gasteiger partial charge in [0.15, 0.2) is 0 Å². The molecule has 2 aromatic heterocycles. The van der Waals surface area contributed by atoms with Crippen LogP contribution in [0.1, 0.15) is 30.0 Å². The second kappa shape index (κ2) is 6.24. The van der Waals surface area contributed by atoms with Gasteiger partial charge in [-0.1, -0.05) is 18.6 Å². The Hall–Kier alpha value is -2.40. The average molecular weight is 323 g/mol. The molecule has 0 spiro atoms. The van der Waals surface area contributed by atoms with E-state index in [1.165, 1.54) is 5.56 Å². The number of hydrogen-bond acceptors (Lipinski definition) is 5. The first-order chi connectivity index (χ1) is 11.8. The summed E-state index contributed by atoms with van der Waals surface area (Å²) >= 11 is 0. The zero-order valence-corrected chi connectivity index (χ0v) is 14.0. The van der Waals surface area contributed by atoms with Gasteiger partial charge in [0.2, 0.25) is 0 Å². The van der Waals surface area contributed by atoms with E-state index in [-0.39, 0.29) is 6.04 Å². The van der Waals surface area contributed by atoms with E-state index in [1.807, 2.05) is 12.1 Å². The molecule has 0 bridgehead atoms. The van der Waals surface area contributed by atoms with Crippen LogP contribution in [0.5, 0.6) is 0 Å². The molecular formula is C19H21N3O2. The van der Waals surface area contributed by atoms with Crippen LogP contribution in [0.3, 0.4) is 0 Å². The van der Waals surface area contributed by atoms with Crippen LogP contribution in [0.25, 0.3) is 10.9 Å². The van der Waals surface area contributed by atoms with Gasteiger partial charge in [-0.05, 0) is 31.2 Å². The molecular weight excluding hydrogens is 302 g/mol. The highest BCUT2D eigenvalue weighted by atomic mass is 16.5. The highest BCUT2D eigenvalue weighted by Gasteiger charge is 2.29. The summed E-state index contributed by atoms with van der Waals surface area (Å²) in [5.74, 6) is 2.89. The molecule has 1 aromatic carbocycles. The number of nitrogens with zero attached hydrogens (tertiary/aromatic N) is 3. The third-order valence-corrected chi connectivity index (χ3v) is 4.53. The van der Waals surface area contributed by atoms with Crippen molar-refractivity contribution in [2.75, 3.05) is 24.7 Å². The molecule has 0 N–H and O–H groups in total. The molecule has 1 saturated heterocycles. The van der Waals surface area contributed by atoms with Gasteiger partial charge in [0.05, 0.1) is 18.7 Å². The lowest BCUT2D eigenvalue weighted by Gasteiger charge is -2.35. The number of hydrogen-bond donors (Lipinski definition) is 0. The number of ether oxygens (including phenoxy) is 1. The van der Waals surface area contributed by atoms with Crippen LogP contribution in [0.15, 0.2) is 41.1 Å². The zero-order valence-electron chi connectivity index (χ0n) is 14.0. The fourth-order valence-electron chi connectivity index (χ4n) is 3.24. The summed E-state index contributed by atoms with van der Waals surface area (Å²) < 4.78 is 11.7. The highest BCUT2D eigenvalue weighted by Crippen LogP contribution is 2.33. The van der Waals surface area contributed by atoms with Gasteiger partial charge in [-0.25, -0.2) is 9.97 Å². The van der Waals surface area contributed by atoms with Gasteiger partial charge in [0.1, 0.15) is 29.7 Å². The molecule has 24 heavy (non-hydrogen) atoms. The number of benzene rings is 1. The lowest BCUT2D eigenvalue weighted by atomic mass is 10.1. The molecule has 1 aliphatic heterocycles. The Bertz CT molecular complexity index is 859. The van der Waals surface area contributed by atoms with E-state index in [0.29, 0.717) is 13.2 Å². The lowest BCUT2D eigenvalue weighted by molar-refractivity contribution is 0.0870. The van der Waals surface area contributed by atoms with Crippen molar-refractivity contribution in [2.24, 2.45) is 0 Å². The average Bonchev–Trinajstić information content (AvgIpc) is 3.10. The van der Waals surface area contributed by atoms with E-state index >= 15 is 0 Å². The topological polar surface area (TPSA) is 51.4 Å². The molecule has 3 aromatic rings. The molecule has 3 heterocycles. The summed E-state index contributed by atoms with van der Waals surface area (Å²) in [6, 6.07) is 10.4. The molecule has 0 amide bonds. The summed E-state index contributed by atoms with van der Waals surface area (Å²) in [6.07, 6.45) is 2.53. The lowest BCUT2D eigenvalue weighted by Crippen LogP contribution is -2.40. The maximum Gasteiger partial charge on any atom is 0.140 e. The predicted octanol–water partition coefficient (Wildman–Crippen LogP) is 3.67. The Balaban J connectivity index is 1.79. The number of aryl methyl sites for hydroxylation is 2. The first-order valence-electron chi connectivity index (χ1n) is 8.40. The number of furan rings is 1. The zero-order chi connectivity index (χ0) is 16.5. The van der Waals surface area contributed by atoms with Crippen LogP contribution in [-0.4, -0.2) is 29.7 Å². The van der Waals surface area contributed by atoms with Crippen molar-refractivity contribution in [1.82, 2.24) is 9.97 Å². The van der Waals surface area contributed by atoms with E-state index in [9.17, 15) is 0 Å². The van der Waals surface area contributed by atoms with E-state index in [0.717, 1.165) is 41.2 Å². The van der Waals surface area contributed by atoms with Crippen molar-refractivity contribution >= 4 is 16.7 Å². The quantitative estimate of drug-likeness (QED) is 0.736. The van der Waals surface area contributed by atoms with Gasteiger partial charge < -0.3 is 14.1 Å². The summed E-state index contributed by atoms with van der Waals surface area (Å²) in [5.41, 5.74) is 2.17. The Morgan fingerprint density at radius 3 is 2.96 bits per heavy atom. The number of morpholine rings is 1. The maximum atomic E-state index is 5.99. The molecule has 0 aliphatic carbocycles. The Labute approximate surface area is 141 Å². The fraction of sp³-hybridized carbons (Fsp3) is 0.368. The van der Waals surface area contributed by atoms with E-state index in [2.05, 4.69) is 46.9 Å². The van der Waals surface area contributed by atoms with Crippen LogP contribution in [0, 0.1) is 6.92 Å². The number of fused-ring (bicyclic) bond motifs is 1. The van der Waals surface area contributed by atoms with Gasteiger partial charge in [0.25, 0.3) is 0 Å². The first kappa shape index (κ1) is 15.1. The third kappa shape index (κ3) is 2.65. The van der Waals surface area contributed by atoms with Gasteiger partial charge in [-0.2, -0.15) is 0 Å². The molecule has 1 unspecified atom stereocenters. The Morgan fingerprint density at radius 1 is 1.21 bits per heavy atom. The standard InChI is InChI=1S/C19H21N3O2/c1-3-14-5-7-18(24-14)17-11-23-9-8-22(17)19-15-10-13(2)4-6-16(15)20-12-21-19/h4-7,10,12,17H,3,8-9,11H2,1-2H3. The van der Waals surface area contributed by atoms with Crippen molar-refractivity contribution in [3.05, 3.63) is 53.7 Å². The largest absolute Gasteiger partial charge is 0.464 e. The normalized spacial score (nSPS) is 18.2. The smallest absolute Gasteiger partial charge is 0.140 e. The monoisotopic (exact) mass is 323 g/mol. The Kier molecular flexibility index (Phi) is 3.94. The van der Waals surface area contributed by atoms with Crippen molar-refractivity contribution < 1.29 is 9.15 Å². The molecule has 5 nitrogen and oxygen atoms in total. The summed E-state index contributed by atoms with van der Waals surface area (Å²) in [7, 11) is 0. The van der Waals surface area contributed by atoms with Crippen LogP contribution in [-0.2, 0) is 11.2 Å². The minimum atomic E-state index is 0.0395. The second-order valence-corrected chi connectivity index (χ2v) is 6.16. The van der Waals surface area contributed by atoms with Crippen LogP contribution in [0.2, 0.25) is 0 Å². The van der Waals surface area contributed by atoms with Gasteiger partial charge >= 0.3 is 0 Å². The predicted molar refractivity (Wildman–Crippen MR) is 93.3 cm³/mol. The Morgan fingerprint density at radius 2 is 2.12 bits per heavy atom. The van der Waals surface area contributed by atoms with Crippen molar-refractivity contribution in [3.8, 4) is 0 Å². The molecule has 0 saturated carbocycles. The molecule has 1 aliphatic rings. The van der Waals surface area contributed by atoms with Gasteiger partial charge in [0, 0.05) is 18.4 Å². The SMILES string of the molecule is CCc1ccc(C2COCCN2c2ncnc3ccc(C)cc23)o1. The summed E-state index contributed by atoms with van der Waals surface area (Å²) in [6.45, 7) is 6.27. The molecule has 1 fully saturated rings. The minimum Gasteiger partial charge on any atom is -0.464 e. The van der Waals surface area contributed by atoms with Crippen molar-refractivity contribution in [2.45, 2.75) is 26.3 Å². The second-order valence-electron chi connectivity index (χ2n) is 6.16. The maximum absolute atomic E-state index is 5.99. The summed E-state index contributed by atoms with van der Waals surface area (Å²) in [4.78, 5) is 11.3. The fourth-order valence-corrected chi connectivity index (χ4v) is 3.24. The van der Waals surface area contributed by atoms with E-state index in [4.69, 9.17) is 9.15 Å². The molecule has 124 valence electrons. The van der Waals surface area contributed by atoms with Gasteiger partial charge in [-0.15, -0.1) is 0 Å². The summed E-state index contributed by atoms with van der Waals surface area (Å²) in [5, 5.41) is 1.08. The van der Waals surface area contributed by atoms with Gasteiger partial charge in [-0.3, -0.25) is 0 Å². The number of aromatic nitrogens is 2. The van der Waals surface area contributed by atoms with Crippen LogP contribution >= 0.6 is 0 Å². The molecule has 0 radical (unpaired) electrons. The number of anilines is 1. The highest BCUT2D eigenvalue weighted by molar-refractivity contribution is 5.90. The van der Waals surface area contributed by atoms with Crippen molar-refractivity contribution in [3.63, 3.8) is 0 Å². The first-order valence-corrected chi connectivity index (χ1v) is 8.40. The minimum absolute atomic E-state index is 0.0395. The van der Waals surface area contributed by atoms with Crippen LogP contribution < -0.4 is 4.90 Å². The third-order valence-electron chi connectivity index (χ3n) is 4.53. The van der Waals surface area contributed by atoms with E-state index in [1.54, 1.807) is 6.33 Å². The molecule has 1 atom stereocenters. The van der Waals surface area contributed by atoms with Crippen molar-refractivity contribution in [1.29, 1.82) is 0 Å². The number of rotatable bonds is 3. The van der Waals surface area contributed by atoms with E-state index < -0.39 is 0 Å².